The Balaban J connectivity index is 1.61. The largest absolute Gasteiger partial charge is 0.457 e. The van der Waals surface area contributed by atoms with Crippen LogP contribution in [-0.4, -0.2) is 44.8 Å². The van der Waals surface area contributed by atoms with Crippen LogP contribution < -0.4 is 10.1 Å². The summed E-state index contributed by atoms with van der Waals surface area (Å²) in [6.45, 7) is 3.87. The van der Waals surface area contributed by atoms with Crippen LogP contribution in [-0.2, 0) is 11.0 Å². The molecule has 2 aromatic carbocycles. The number of nitrogens with zero attached hydrogens (tertiary/aromatic N) is 3. The molecule has 8 nitrogen and oxygen atoms in total. The lowest BCUT2D eigenvalue weighted by Gasteiger charge is -2.25. The van der Waals surface area contributed by atoms with Crippen LogP contribution >= 0.6 is 0 Å². The molecule has 39 heavy (non-hydrogen) atoms. The van der Waals surface area contributed by atoms with Gasteiger partial charge in [0.1, 0.15) is 17.2 Å². The van der Waals surface area contributed by atoms with Gasteiger partial charge in [0, 0.05) is 37.8 Å². The van der Waals surface area contributed by atoms with Crippen molar-refractivity contribution in [1.29, 1.82) is 0 Å². The average Bonchev–Trinajstić information content (AvgIpc) is 3.56. The Morgan fingerprint density at radius 1 is 1.18 bits per heavy atom. The van der Waals surface area contributed by atoms with Gasteiger partial charge in [0.05, 0.1) is 28.2 Å². The number of ether oxygens (including phenoxy) is 1. The zero-order chi connectivity index (χ0) is 27.7. The highest BCUT2D eigenvalue weighted by Crippen LogP contribution is 2.42. The van der Waals surface area contributed by atoms with E-state index >= 15 is 0 Å². The summed E-state index contributed by atoms with van der Waals surface area (Å²) in [7, 11) is 0. The highest BCUT2D eigenvalue weighted by molar-refractivity contribution is 5.96. The van der Waals surface area contributed by atoms with Crippen molar-refractivity contribution in [3.05, 3.63) is 71.4 Å². The van der Waals surface area contributed by atoms with E-state index in [2.05, 4.69) is 20.3 Å². The van der Waals surface area contributed by atoms with Crippen LogP contribution in [0.5, 0.6) is 11.5 Å². The van der Waals surface area contributed by atoms with Gasteiger partial charge in [-0.3, -0.25) is 14.6 Å². The molecule has 2 amide bonds. The third-order valence-electron chi connectivity index (χ3n) is 6.64. The molecule has 1 aliphatic heterocycles. The van der Waals surface area contributed by atoms with Crippen LogP contribution in [0.2, 0.25) is 0 Å². The first-order valence-electron chi connectivity index (χ1n) is 12.5. The molecule has 0 spiro atoms. The van der Waals surface area contributed by atoms with Gasteiger partial charge in [0.25, 0.3) is 5.91 Å². The molecule has 4 aromatic rings. The maximum atomic E-state index is 13.9. The Morgan fingerprint density at radius 2 is 2.00 bits per heavy atom. The lowest BCUT2D eigenvalue weighted by molar-refractivity contribution is -0.138. The van der Waals surface area contributed by atoms with E-state index in [-0.39, 0.29) is 30.0 Å². The van der Waals surface area contributed by atoms with E-state index in [1.54, 1.807) is 36.2 Å². The summed E-state index contributed by atoms with van der Waals surface area (Å²) in [5.41, 5.74) is 0.885. The lowest BCUT2D eigenvalue weighted by Crippen LogP contribution is -2.28. The summed E-state index contributed by atoms with van der Waals surface area (Å²) in [6, 6.07) is 11.8. The first-order valence-corrected chi connectivity index (χ1v) is 12.5. The predicted molar refractivity (Wildman–Crippen MR) is 138 cm³/mol. The molecular weight excluding hydrogens is 511 g/mol. The van der Waals surface area contributed by atoms with Crippen molar-refractivity contribution in [3.8, 4) is 23.0 Å². The second-order valence-electron chi connectivity index (χ2n) is 9.24. The standard InChI is InChI=1S/C28H26F3N5O3/c1-3-32-27(38)18-10-9-17(13-20(18)28(29,30)31)39-25-15-23-22(34-26(35-23)21-7-4-5-11-33-21)14-19(25)24-8-6-12-36(24)16(2)37/h4-5,7,9-11,13-15,24H,3,6,8,12H2,1-2H3,(H,32,38)(H,34,35). The van der Waals surface area contributed by atoms with Crippen LogP contribution in [0.3, 0.4) is 0 Å². The molecule has 1 fully saturated rings. The third-order valence-corrected chi connectivity index (χ3v) is 6.64. The normalized spacial score (nSPS) is 15.5. The highest BCUT2D eigenvalue weighted by Gasteiger charge is 2.36. The summed E-state index contributed by atoms with van der Waals surface area (Å²) in [5, 5.41) is 2.41. The molecule has 2 N–H and O–H groups in total. The summed E-state index contributed by atoms with van der Waals surface area (Å²) >= 11 is 0. The lowest BCUT2D eigenvalue weighted by atomic mass is 10.0. The van der Waals surface area contributed by atoms with Gasteiger partial charge in [0.15, 0.2) is 5.82 Å². The Hall–Kier alpha value is -4.41. The van der Waals surface area contributed by atoms with Crippen molar-refractivity contribution >= 4 is 22.8 Å². The number of H-pyrrole nitrogens is 1. The molecule has 1 saturated heterocycles. The molecule has 0 saturated carbocycles. The molecule has 2 aromatic heterocycles. The molecule has 1 unspecified atom stereocenters. The quantitative estimate of drug-likeness (QED) is 0.321. The van der Waals surface area contributed by atoms with Crippen LogP contribution in [0.1, 0.15) is 54.2 Å². The number of fused-ring (bicyclic) bond motifs is 1. The van der Waals surface area contributed by atoms with Gasteiger partial charge < -0.3 is 19.9 Å². The molecule has 1 aliphatic rings. The van der Waals surface area contributed by atoms with E-state index in [1.807, 2.05) is 12.1 Å². The average molecular weight is 538 g/mol. The van der Waals surface area contributed by atoms with Crippen molar-refractivity contribution in [3.63, 3.8) is 0 Å². The second-order valence-corrected chi connectivity index (χ2v) is 9.24. The number of alkyl halides is 3. The number of hydrogen-bond donors (Lipinski definition) is 2. The van der Waals surface area contributed by atoms with Crippen molar-refractivity contribution in [2.24, 2.45) is 0 Å². The van der Waals surface area contributed by atoms with Crippen LogP contribution in [0.4, 0.5) is 13.2 Å². The fourth-order valence-corrected chi connectivity index (χ4v) is 4.90. The number of benzene rings is 2. The number of likely N-dealkylation sites (tertiary alicyclic amines) is 1. The number of pyridine rings is 1. The minimum absolute atomic E-state index is 0.0937. The number of hydrogen-bond acceptors (Lipinski definition) is 5. The summed E-state index contributed by atoms with van der Waals surface area (Å²) in [5.74, 6) is -0.218. The van der Waals surface area contributed by atoms with Gasteiger partial charge in [-0.2, -0.15) is 13.2 Å². The monoisotopic (exact) mass is 537 g/mol. The van der Waals surface area contributed by atoms with Gasteiger partial charge in [0.2, 0.25) is 5.91 Å². The molecule has 5 rings (SSSR count). The number of amides is 2. The number of aromatic amines is 1. The van der Waals surface area contributed by atoms with E-state index in [0.29, 0.717) is 41.1 Å². The highest BCUT2D eigenvalue weighted by atomic mass is 19.4. The van der Waals surface area contributed by atoms with Gasteiger partial charge in [-0.15, -0.1) is 0 Å². The van der Waals surface area contributed by atoms with E-state index in [1.165, 1.54) is 13.0 Å². The molecule has 0 aliphatic carbocycles. The van der Waals surface area contributed by atoms with Crippen LogP contribution in [0, 0.1) is 0 Å². The minimum atomic E-state index is -4.77. The van der Waals surface area contributed by atoms with Crippen LogP contribution in [0.15, 0.2) is 54.7 Å². The number of carbonyl (C=O) groups excluding carboxylic acids is 2. The Morgan fingerprint density at radius 3 is 2.69 bits per heavy atom. The van der Waals surface area contributed by atoms with E-state index < -0.39 is 23.2 Å². The van der Waals surface area contributed by atoms with Crippen molar-refractivity contribution < 1.29 is 27.5 Å². The molecule has 0 radical (unpaired) electrons. The Bertz CT molecular complexity index is 1530. The van der Waals surface area contributed by atoms with Crippen molar-refractivity contribution in [1.82, 2.24) is 25.2 Å². The molecule has 3 heterocycles. The summed E-state index contributed by atoms with van der Waals surface area (Å²) in [6.07, 6.45) is -1.67. The van der Waals surface area contributed by atoms with Gasteiger partial charge in [-0.25, -0.2) is 4.98 Å². The maximum absolute atomic E-state index is 13.9. The molecular formula is C28H26F3N5O3. The first-order chi connectivity index (χ1) is 18.7. The SMILES string of the molecule is CCNC(=O)c1ccc(Oc2cc3nc(-c4ccccn4)[nH]c3cc2C2CCCN2C(C)=O)cc1C(F)(F)F. The number of nitrogens with one attached hydrogen (secondary N) is 2. The molecule has 1 atom stereocenters. The van der Waals surface area contributed by atoms with Gasteiger partial charge in [-0.1, -0.05) is 6.07 Å². The number of halogens is 3. The zero-order valence-electron chi connectivity index (χ0n) is 21.3. The topological polar surface area (TPSA) is 100 Å². The minimum Gasteiger partial charge on any atom is -0.457 e. The second kappa shape index (κ2) is 10.4. The predicted octanol–water partition coefficient (Wildman–Crippen LogP) is 5.87. The Labute approximate surface area is 222 Å². The summed E-state index contributed by atoms with van der Waals surface area (Å²) < 4.78 is 47.8. The van der Waals surface area contributed by atoms with Gasteiger partial charge in [-0.05, 0) is 56.2 Å². The fraction of sp³-hybridized carbons (Fsp3) is 0.286. The smallest absolute Gasteiger partial charge is 0.417 e. The van der Waals surface area contributed by atoms with Crippen molar-refractivity contribution in [2.45, 2.75) is 38.9 Å². The Kier molecular flexibility index (Phi) is 6.98. The fourth-order valence-electron chi connectivity index (χ4n) is 4.90. The molecule has 0 bridgehead atoms. The zero-order valence-corrected chi connectivity index (χ0v) is 21.3. The van der Waals surface area contributed by atoms with Crippen molar-refractivity contribution in [2.75, 3.05) is 13.1 Å². The number of imidazole rings is 1. The summed E-state index contributed by atoms with van der Waals surface area (Å²) in [4.78, 5) is 38.5. The molecule has 11 heteroatoms. The van der Waals surface area contributed by atoms with E-state index in [4.69, 9.17) is 4.74 Å². The number of rotatable bonds is 6. The number of aromatic nitrogens is 3. The van der Waals surface area contributed by atoms with Crippen LogP contribution in [0.25, 0.3) is 22.6 Å². The number of carbonyl (C=O) groups is 2. The van der Waals surface area contributed by atoms with Gasteiger partial charge >= 0.3 is 6.18 Å². The third kappa shape index (κ3) is 5.29. The van der Waals surface area contributed by atoms with E-state index in [9.17, 15) is 22.8 Å². The maximum Gasteiger partial charge on any atom is 0.417 e. The molecule has 202 valence electrons. The van der Waals surface area contributed by atoms with E-state index in [0.717, 1.165) is 18.6 Å². The first kappa shape index (κ1) is 26.2.